The van der Waals surface area contributed by atoms with E-state index in [1.54, 1.807) is 0 Å². The van der Waals surface area contributed by atoms with E-state index in [1.165, 1.54) is 0 Å². The molecule has 1 atom stereocenters. The van der Waals surface area contributed by atoms with Gasteiger partial charge < -0.3 is 4.90 Å². The molecule has 1 nitrogen and oxygen atoms in total. The van der Waals surface area contributed by atoms with Crippen molar-refractivity contribution in [2.24, 2.45) is 16.7 Å². The Morgan fingerprint density at radius 2 is 1.25 bits per heavy atom. The van der Waals surface area contributed by atoms with Gasteiger partial charge in [-0.15, -0.1) is 0 Å². The summed E-state index contributed by atoms with van der Waals surface area (Å²) in [4.78, 5) is 2.52. The van der Waals surface area contributed by atoms with Crippen molar-refractivity contribution >= 4 is 0 Å². The highest BCUT2D eigenvalue weighted by Crippen LogP contribution is 2.38. The molecule has 1 unspecified atom stereocenters. The second-order valence-electron chi connectivity index (χ2n) is 8.16. The van der Waals surface area contributed by atoms with Crippen LogP contribution in [-0.4, -0.2) is 24.0 Å². The van der Waals surface area contributed by atoms with Gasteiger partial charge in [-0.1, -0.05) is 48.5 Å². The number of hydrogen-bond acceptors (Lipinski definition) is 1. The third-order valence-corrected chi connectivity index (χ3v) is 4.05. The highest BCUT2D eigenvalue weighted by molar-refractivity contribution is 4.92. The quantitative estimate of drug-likeness (QED) is 0.689. The van der Waals surface area contributed by atoms with Crippen LogP contribution in [0.5, 0.6) is 0 Å². The Kier molecular flexibility index (Phi) is 4.67. The van der Waals surface area contributed by atoms with Crippen LogP contribution in [0.2, 0.25) is 0 Å². The summed E-state index contributed by atoms with van der Waals surface area (Å²) in [6.07, 6.45) is 0. The zero-order chi connectivity index (χ0) is 13.4. The van der Waals surface area contributed by atoms with Crippen LogP contribution in [0.25, 0.3) is 0 Å². The van der Waals surface area contributed by atoms with Gasteiger partial charge in [-0.3, -0.25) is 0 Å². The second kappa shape index (κ2) is 4.68. The molecule has 0 spiro atoms. The van der Waals surface area contributed by atoms with Gasteiger partial charge in [0.05, 0.1) is 0 Å². The summed E-state index contributed by atoms with van der Waals surface area (Å²) in [7, 11) is 2.26. The Morgan fingerprint density at radius 3 is 1.50 bits per heavy atom. The monoisotopic (exact) mass is 227 g/mol. The highest BCUT2D eigenvalue weighted by atomic mass is 15.2. The van der Waals surface area contributed by atoms with E-state index in [4.69, 9.17) is 0 Å². The molecule has 0 aromatic rings. The van der Waals surface area contributed by atoms with Crippen molar-refractivity contribution < 1.29 is 0 Å². The van der Waals surface area contributed by atoms with Crippen molar-refractivity contribution in [1.82, 2.24) is 4.90 Å². The van der Waals surface area contributed by atoms with E-state index in [0.717, 1.165) is 6.54 Å². The van der Waals surface area contributed by atoms with Crippen LogP contribution in [-0.2, 0) is 0 Å². The molecule has 0 bridgehead atoms. The minimum Gasteiger partial charge on any atom is -0.300 e. The zero-order valence-corrected chi connectivity index (χ0v) is 13.2. The lowest BCUT2D eigenvalue weighted by Gasteiger charge is -2.48. The number of hydrogen-bond donors (Lipinski definition) is 0. The van der Waals surface area contributed by atoms with Crippen molar-refractivity contribution in [3.63, 3.8) is 0 Å². The van der Waals surface area contributed by atoms with Crippen molar-refractivity contribution in [2.75, 3.05) is 13.6 Å². The van der Waals surface area contributed by atoms with Crippen molar-refractivity contribution in [1.29, 1.82) is 0 Å². The van der Waals surface area contributed by atoms with Crippen molar-refractivity contribution in [3.8, 4) is 0 Å². The van der Waals surface area contributed by atoms with Crippen LogP contribution in [0, 0.1) is 16.7 Å². The van der Waals surface area contributed by atoms with Crippen molar-refractivity contribution in [3.05, 3.63) is 0 Å². The van der Waals surface area contributed by atoms with E-state index < -0.39 is 0 Å². The van der Waals surface area contributed by atoms with Crippen LogP contribution in [0.3, 0.4) is 0 Å². The van der Waals surface area contributed by atoms with Gasteiger partial charge in [-0.2, -0.15) is 0 Å². The van der Waals surface area contributed by atoms with Crippen LogP contribution < -0.4 is 0 Å². The molecule has 0 aliphatic carbocycles. The summed E-state index contributed by atoms with van der Waals surface area (Å²) in [6.45, 7) is 22.2. The summed E-state index contributed by atoms with van der Waals surface area (Å²) in [5.41, 5.74) is 0.963. The van der Waals surface area contributed by atoms with Crippen molar-refractivity contribution in [2.45, 2.75) is 67.9 Å². The molecular formula is C15H33N. The molecule has 0 aromatic heterocycles. The average molecular weight is 227 g/mol. The molecule has 0 aromatic carbocycles. The van der Waals surface area contributed by atoms with E-state index in [0.29, 0.717) is 16.7 Å². The fourth-order valence-electron chi connectivity index (χ4n) is 2.31. The predicted octanol–water partition coefficient (Wildman–Crippen LogP) is 4.43. The first-order chi connectivity index (χ1) is 6.78. The Labute approximate surface area is 104 Å². The van der Waals surface area contributed by atoms with Crippen LogP contribution in [0.15, 0.2) is 0 Å². The van der Waals surface area contributed by atoms with Gasteiger partial charge in [0.15, 0.2) is 0 Å². The second-order valence-corrected chi connectivity index (χ2v) is 8.16. The Bertz CT molecular complexity index is 215. The molecule has 1 heteroatoms. The minimum atomic E-state index is 0.242. The maximum Gasteiger partial charge on any atom is 0.0180 e. The van der Waals surface area contributed by atoms with Gasteiger partial charge in [0.2, 0.25) is 0 Å². The lowest BCUT2D eigenvalue weighted by atomic mass is 9.70. The normalized spacial score (nSPS) is 16.7. The average Bonchev–Trinajstić information content (AvgIpc) is 1.97. The van der Waals surface area contributed by atoms with Gasteiger partial charge in [-0.25, -0.2) is 0 Å². The molecule has 0 N–H and O–H groups in total. The maximum atomic E-state index is 2.52. The Balaban J connectivity index is 4.78. The fourth-order valence-corrected chi connectivity index (χ4v) is 2.31. The summed E-state index contributed by atoms with van der Waals surface area (Å²) in [5.74, 6) is 0.660. The van der Waals surface area contributed by atoms with E-state index in [9.17, 15) is 0 Å². The fraction of sp³-hybridized carbons (Fsp3) is 1.00. The van der Waals surface area contributed by atoms with E-state index in [1.807, 2.05) is 0 Å². The largest absolute Gasteiger partial charge is 0.300 e. The maximum absolute atomic E-state index is 2.52. The van der Waals surface area contributed by atoms with Gasteiger partial charge in [0.25, 0.3) is 0 Å². The summed E-state index contributed by atoms with van der Waals surface area (Å²) in [6, 6.07) is 0. The van der Waals surface area contributed by atoms with Gasteiger partial charge in [0, 0.05) is 12.1 Å². The van der Waals surface area contributed by atoms with Gasteiger partial charge in [0.1, 0.15) is 0 Å². The SMILES string of the molecule is CC(C(C)(C)C)C(C)(C)N(C)CC(C)(C)C. The number of nitrogens with zero attached hydrogens (tertiary/aromatic N) is 1. The van der Waals surface area contributed by atoms with Gasteiger partial charge >= 0.3 is 0 Å². The van der Waals surface area contributed by atoms with E-state index >= 15 is 0 Å². The smallest absolute Gasteiger partial charge is 0.0180 e. The summed E-state index contributed by atoms with van der Waals surface area (Å²) < 4.78 is 0. The van der Waals surface area contributed by atoms with Crippen LogP contribution in [0.1, 0.15) is 62.3 Å². The molecule has 0 aliphatic rings. The molecule has 0 saturated carbocycles. The topological polar surface area (TPSA) is 3.24 Å². The molecule has 0 heterocycles. The van der Waals surface area contributed by atoms with Crippen LogP contribution >= 0.6 is 0 Å². The van der Waals surface area contributed by atoms with Gasteiger partial charge in [-0.05, 0) is 37.6 Å². The molecule has 0 fully saturated rings. The van der Waals surface area contributed by atoms with E-state index in [-0.39, 0.29) is 5.54 Å². The molecule has 0 aliphatic heterocycles. The summed E-state index contributed by atoms with van der Waals surface area (Å²) in [5, 5.41) is 0. The Morgan fingerprint density at radius 1 is 0.875 bits per heavy atom. The lowest BCUT2D eigenvalue weighted by molar-refractivity contribution is 0.0173. The molecular weight excluding hydrogens is 194 g/mol. The first-order valence-corrected chi connectivity index (χ1v) is 6.50. The molecule has 16 heavy (non-hydrogen) atoms. The third kappa shape index (κ3) is 4.45. The first kappa shape index (κ1) is 16.0. The lowest BCUT2D eigenvalue weighted by Crippen LogP contribution is -2.52. The molecule has 98 valence electrons. The molecule has 0 radical (unpaired) electrons. The molecule has 0 rings (SSSR count). The standard InChI is InChI=1S/C15H33N/c1-12(14(5,6)7)15(8,9)16(10)11-13(2,3)4/h12H,11H2,1-10H3. The number of rotatable bonds is 3. The third-order valence-electron chi connectivity index (χ3n) is 4.05. The predicted molar refractivity (Wildman–Crippen MR) is 74.8 cm³/mol. The Hall–Kier alpha value is -0.0400. The minimum absolute atomic E-state index is 0.242. The highest BCUT2D eigenvalue weighted by Gasteiger charge is 2.38. The van der Waals surface area contributed by atoms with E-state index in [2.05, 4.69) is 74.3 Å². The zero-order valence-electron chi connectivity index (χ0n) is 13.2. The molecule has 0 amide bonds. The van der Waals surface area contributed by atoms with Crippen LogP contribution in [0.4, 0.5) is 0 Å². The first-order valence-electron chi connectivity index (χ1n) is 6.50. The summed E-state index contributed by atoms with van der Waals surface area (Å²) >= 11 is 0. The molecule has 0 saturated heterocycles.